The normalized spacial score (nSPS) is 30.4. The summed E-state index contributed by atoms with van der Waals surface area (Å²) in [7, 11) is 0. The van der Waals surface area contributed by atoms with Crippen molar-refractivity contribution in [2.45, 2.75) is 121 Å². The smallest absolute Gasteiger partial charge is 0.147 e. The first-order chi connectivity index (χ1) is 16.5. The average molecular weight is 470 g/mol. The third-order valence-electron chi connectivity index (χ3n) is 8.92. The molecule has 2 saturated carbocycles. The van der Waals surface area contributed by atoms with Crippen LogP contribution in [0.5, 0.6) is 0 Å². The number of para-hydroxylation sites is 1. The first-order valence-electron chi connectivity index (χ1n) is 14.3. The minimum atomic E-state index is -0.159. The second kappa shape index (κ2) is 12.5. The van der Waals surface area contributed by atoms with E-state index in [0.717, 1.165) is 30.2 Å². The maximum atomic E-state index is 14.0. The molecule has 2 aliphatic rings. The molecule has 1 aromatic heterocycles. The number of aromatic nitrogens is 1. The highest BCUT2D eigenvalue weighted by atomic mass is 19.1. The minimum absolute atomic E-state index is 0.0254. The SMILES string of the molecule is CC1(N)CCCCCCCCC(C2CCCC(NCCc3c[nH]c4c(F)cccc34)CC2)CC1. The summed E-state index contributed by atoms with van der Waals surface area (Å²) in [6.45, 7) is 3.26. The molecule has 0 saturated heterocycles. The first-order valence-corrected chi connectivity index (χ1v) is 14.3. The van der Waals surface area contributed by atoms with Crippen LogP contribution in [0, 0.1) is 17.7 Å². The Morgan fingerprint density at radius 2 is 1.68 bits per heavy atom. The molecule has 0 bridgehead atoms. The number of aromatic amines is 1. The fraction of sp³-hybridized carbons (Fsp3) is 0.733. The van der Waals surface area contributed by atoms with E-state index in [0.29, 0.717) is 11.6 Å². The van der Waals surface area contributed by atoms with E-state index in [-0.39, 0.29) is 11.4 Å². The van der Waals surface area contributed by atoms with Gasteiger partial charge < -0.3 is 16.0 Å². The van der Waals surface area contributed by atoms with Gasteiger partial charge in [0, 0.05) is 23.2 Å². The highest BCUT2D eigenvalue weighted by Gasteiger charge is 2.28. The van der Waals surface area contributed by atoms with E-state index in [4.69, 9.17) is 5.73 Å². The molecule has 1 aromatic carbocycles. The first kappa shape index (κ1) is 25.7. The van der Waals surface area contributed by atoms with Crippen molar-refractivity contribution < 1.29 is 4.39 Å². The Balaban J connectivity index is 1.26. The largest absolute Gasteiger partial charge is 0.359 e. The molecule has 2 fully saturated rings. The van der Waals surface area contributed by atoms with Crippen LogP contribution in [0.2, 0.25) is 0 Å². The predicted molar refractivity (Wildman–Crippen MR) is 143 cm³/mol. The zero-order valence-electron chi connectivity index (χ0n) is 21.5. The van der Waals surface area contributed by atoms with E-state index in [1.54, 1.807) is 0 Å². The van der Waals surface area contributed by atoms with Crippen LogP contribution in [0.1, 0.15) is 109 Å². The summed E-state index contributed by atoms with van der Waals surface area (Å²) in [5.41, 5.74) is 8.59. The van der Waals surface area contributed by atoms with Gasteiger partial charge in [-0.05, 0) is 81.9 Å². The van der Waals surface area contributed by atoms with Crippen LogP contribution in [-0.4, -0.2) is 23.1 Å². The molecule has 190 valence electrons. The Morgan fingerprint density at radius 1 is 0.912 bits per heavy atom. The van der Waals surface area contributed by atoms with Gasteiger partial charge in [-0.15, -0.1) is 0 Å². The monoisotopic (exact) mass is 469 g/mol. The van der Waals surface area contributed by atoms with Gasteiger partial charge >= 0.3 is 0 Å². The summed E-state index contributed by atoms with van der Waals surface area (Å²) in [6, 6.07) is 5.98. The molecule has 4 unspecified atom stereocenters. The van der Waals surface area contributed by atoms with E-state index in [2.05, 4.69) is 17.2 Å². The topological polar surface area (TPSA) is 53.8 Å². The minimum Gasteiger partial charge on any atom is -0.359 e. The molecule has 0 aliphatic heterocycles. The number of hydrogen-bond donors (Lipinski definition) is 3. The Labute approximate surface area is 206 Å². The van der Waals surface area contributed by atoms with Crippen molar-refractivity contribution in [2.75, 3.05) is 6.54 Å². The summed E-state index contributed by atoms with van der Waals surface area (Å²) < 4.78 is 14.0. The molecule has 2 aromatic rings. The predicted octanol–water partition coefficient (Wildman–Crippen LogP) is 7.64. The van der Waals surface area contributed by atoms with Gasteiger partial charge in [0.25, 0.3) is 0 Å². The lowest BCUT2D eigenvalue weighted by Crippen LogP contribution is -2.37. The highest BCUT2D eigenvalue weighted by molar-refractivity contribution is 5.83. The summed E-state index contributed by atoms with van der Waals surface area (Å²) in [5.74, 6) is 1.58. The summed E-state index contributed by atoms with van der Waals surface area (Å²) in [4.78, 5) is 3.12. The molecule has 2 aliphatic carbocycles. The fourth-order valence-electron chi connectivity index (χ4n) is 6.70. The van der Waals surface area contributed by atoms with Gasteiger partial charge in [-0.3, -0.25) is 0 Å². The van der Waals surface area contributed by atoms with Gasteiger partial charge in [-0.2, -0.15) is 0 Å². The second-order valence-corrected chi connectivity index (χ2v) is 11.8. The zero-order chi connectivity index (χ0) is 23.8. The molecule has 0 spiro atoms. The van der Waals surface area contributed by atoms with Gasteiger partial charge in [0.2, 0.25) is 0 Å². The third kappa shape index (κ3) is 7.31. The second-order valence-electron chi connectivity index (χ2n) is 11.8. The molecular weight excluding hydrogens is 421 g/mol. The molecule has 0 amide bonds. The van der Waals surface area contributed by atoms with Crippen molar-refractivity contribution in [3.05, 3.63) is 35.8 Å². The van der Waals surface area contributed by atoms with Crippen LogP contribution in [0.4, 0.5) is 4.39 Å². The number of nitrogens with two attached hydrogens (primary N) is 1. The standard InChI is InChI=1S/C30H48FN3/c1-30(32)19-7-5-3-2-4-6-10-24(17-20-30)23-11-8-12-26(16-15-23)33-21-18-25-22-34-29-27(25)13-9-14-28(29)31/h9,13-14,22-24,26,33-34H,2-8,10-12,15-21,32H2,1H3. The molecule has 4 heteroatoms. The fourth-order valence-corrected chi connectivity index (χ4v) is 6.70. The lowest BCUT2D eigenvalue weighted by molar-refractivity contribution is 0.226. The summed E-state index contributed by atoms with van der Waals surface area (Å²) in [6.07, 6.45) is 23.1. The number of H-pyrrole nitrogens is 1. The molecule has 4 atom stereocenters. The van der Waals surface area contributed by atoms with Crippen LogP contribution < -0.4 is 11.1 Å². The van der Waals surface area contributed by atoms with Crippen LogP contribution in [-0.2, 0) is 6.42 Å². The average Bonchev–Trinajstić information content (AvgIpc) is 3.08. The molecule has 3 nitrogen and oxygen atoms in total. The third-order valence-corrected chi connectivity index (χ3v) is 8.92. The number of rotatable bonds is 5. The Kier molecular flexibility index (Phi) is 9.47. The van der Waals surface area contributed by atoms with Crippen LogP contribution in [0.15, 0.2) is 24.4 Å². The van der Waals surface area contributed by atoms with Crippen molar-refractivity contribution in [3.8, 4) is 0 Å². The van der Waals surface area contributed by atoms with Gasteiger partial charge in [-0.1, -0.05) is 69.9 Å². The summed E-state index contributed by atoms with van der Waals surface area (Å²) >= 11 is 0. The molecule has 34 heavy (non-hydrogen) atoms. The number of fused-ring (bicyclic) bond motifs is 1. The molecule has 1 heterocycles. The Morgan fingerprint density at radius 3 is 2.56 bits per heavy atom. The maximum Gasteiger partial charge on any atom is 0.147 e. The summed E-state index contributed by atoms with van der Waals surface area (Å²) in [5, 5.41) is 4.87. The lowest BCUT2D eigenvalue weighted by Gasteiger charge is -2.32. The Bertz CT molecular complexity index is 873. The number of benzene rings is 1. The highest BCUT2D eigenvalue weighted by Crippen LogP contribution is 2.37. The van der Waals surface area contributed by atoms with Gasteiger partial charge in [-0.25, -0.2) is 4.39 Å². The maximum absolute atomic E-state index is 14.0. The van der Waals surface area contributed by atoms with Crippen LogP contribution in [0.3, 0.4) is 0 Å². The van der Waals surface area contributed by atoms with E-state index < -0.39 is 0 Å². The quantitative estimate of drug-likeness (QED) is 0.394. The Hall–Kier alpha value is -1.39. The van der Waals surface area contributed by atoms with Gasteiger partial charge in [0.1, 0.15) is 5.82 Å². The van der Waals surface area contributed by atoms with Crippen LogP contribution >= 0.6 is 0 Å². The molecular formula is C30H48FN3. The van der Waals surface area contributed by atoms with Crippen LogP contribution in [0.25, 0.3) is 10.9 Å². The molecule has 4 rings (SSSR count). The zero-order valence-corrected chi connectivity index (χ0v) is 21.5. The molecule has 0 radical (unpaired) electrons. The van der Waals surface area contributed by atoms with Crippen molar-refractivity contribution in [1.82, 2.24) is 10.3 Å². The van der Waals surface area contributed by atoms with E-state index >= 15 is 0 Å². The van der Waals surface area contributed by atoms with Crippen molar-refractivity contribution in [3.63, 3.8) is 0 Å². The van der Waals surface area contributed by atoms with E-state index in [1.807, 2.05) is 18.3 Å². The van der Waals surface area contributed by atoms with E-state index in [1.165, 1.54) is 108 Å². The van der Waals surface area contributed by atoms with Gasteiger partial charge in [0.05, 0.1) is 5.52 Å². The number of nitrogens with one attached hydrogen (secondary N) is 2. The lowest BCUT2D eigenvalue weighted by atomic mass is 9.76. The van der Waals surface area contributed by atoms with Crippen molar-refractivity contribution in [1.29, 1.82) is 0 Å². The van der Waals surface area contributed by atoms with Gasteiger partial charge in [0.15, 0.2) is 0 Å². The van der Waals surface area contributed by atoms with Crippen molar-refractivity contribution in [2.24, 2.45) is 17.6 Å². The van der Waals surface area contributed by atoms with E-state index in [9.17, 15) is 4.39 Å². The molecule has 4 N–H and O–H groups in total. The van der Waals surface area contributed by atoms with Crippen molar-refractivity contribution >= 4 is 10.9 Å². The number of halogens is 1. The number of hydrogen-bond acceptors (Lipinski definition) is 2.